The number of carbonyl (C=O) groups is 2. The molecule has 2 aromatic carbocycles. The number of Topliss-reactive ketones (excluding diaryl/α,β-unsaturated/α-hetero) is 1. The fourth-order valence-electron chi connectivity index (χ4n) is 5.13. The highest BCUT2D eigenvalue weighted by molar-refractivity contribution is 6.16. The highest BCUT2D eigenvalue weighted by atomic mass is 16.5. The average molecular weight is 537 g/mol. The van der Waals surface area contributed by atoms with E-state index in [1.165, 1.54) is 26.2 Å². The Bertz CT molecular complexity index is 1380. The molecule has 208 valence electrons. The molecule has 1 amide bonds. The Morgan fingerprint density at radius 2 is 1.69 bits per heavy atom. The van der Waals surface area contributed by atoms with Crippen molar-refractivity contribution in [2.24, 2.45) is 0 Å². The summed E-state index contributed by atoms with van der Waals surface area (Å²) in [7, 11) is 4.50. The Morgan fingerprint density at radius 3 is 2.28 bits per heavy atom. The van der Waals surface area contributed by atoms with Crippen molar-refractivity contribution in [2.75, 3.05) is 47.5 Å². The number of hydrogen-bond donors (Lipinski definition) is 1. The molecule has 1 N–H and O–H groups in total. The summed E-state index contributed by atoms with van der Waals surface area (Å²) in [5.74, 6) is -0.566. The third-order valence-electron chi connectivity index (χ3n) is 7.21. The number of furan rings is 1. The van der Waals surface area contributed by atoms with Crippen molar-refractivity contribution in [1.82, 2.24) is 9.80 Å². The second-order valence-corrected chi connectivity index (χ2v) is 9.48. The van der Waals surface area contributed by atoms with E-state index in [-0.39, 0.29) is 11.3 Å². The van der Waals surface area contributed by atoms with Gasteiger partial charge in [0.2, 0.25) is 11.5 Å². The molecule has 4 rings (SSSR count). The Morgan fingerprint density at radius 1 is 1.03 bits per heavy atom. The number of aryl methyl sites for hydroxylation is 1. The summed E-state index contributed by atoms with van der Waals surface area (Å²) in [6.07, 6.45) is 0.660. The zero-order chi connectivity index (χ0) is 28.3. The lowest BCUT2D eigenvalue weighted by Gasteiger charge is -2.28. The zero-order valence-corrected chi connectivity index (χ0v) is 23.4. The van der Waals surface area contributed by atoms with Gasteiger partial charge in [-0.05, 0) is 68.9 Å². The summed E-state index contributed by atoms with van der Waals surface area (Å²) >= 11 is 0. The predicted octanol–water partition coefficient (Wildman–Crippen LogP) is 5.08. The SMILES string of the molecule is CCN(CC)CCCN1C(=O)C(O)=C(C(=O)c2cc3cc(C)ccc3o2)C1c1cc(OC)c(OC)c(OC)c1. The molecule has 0 saturated carbocycles. The van der Waals surface area contributed by atoms with Crippen molar-refractivity contribution in [3.63, 3.8) is 0 Å². The van der Waals surface area contributed by atoms with Gasteiger partial charge < -0.3 is 33.5 Å². The number of fused-ring (bicyclic) bond motifs is 1. The van der Waals surface area contributed by atoms with Crippen LogP contribution in [0.5, 0.6) is 17.2 Å². The molecular weight excluding hydrogens is 500 g/mol. The summed E-state index contributed by atoms with van der Waals surface area (Å²) in [4.78, 5) is 31.1. The minimum absolute atomic E-state index is 0.0482. The number of rotatable bonds is 12. The summed E-state index contributed by atoms with van der Waals surface area (Å²) in [6, 6.07) is 9.77. The molecule has 0 radical (unpaired) electrons. The fraction of sp³-hybridized carbons (Fsp3) is 0.400. The number of nitrogens with zero attached hydrogens (tertiary/aromatic N) is 2. The van der Waals surface area contributed by atoms with E-state index >= 15 is 0 Å². The van der Waals surface area contributed by atoms with E-state index < -0.39 is 23.5 Å². The van der Waals surface area contributed by atoms with Gasteiger partial charge in [0, 0.05) is 11.9 Å². The van der Waals surface area contributed by atoms with Crippen molar-refractivity contribution < 1.29 is 33.3 Å². The van der Waals surface area contributed by atoms with Gasteiger partial charge in [-0.15, -0.1) is 0 Å². The number of hydrogen-bond acceptors (Lipinski definition) is 8. The third kappa shape index (κ3) is 5.31. The van der Waals surface area contributed by atoms with Gasteiger partial charge in [-0.3, -0.25) is 9.59 Å². The molecule has 0 bridgehead atoms. The summed E-state index contributed by atoms with van der Waals surface area (Å²) in [5, 5.41) is 11.9. The third-order valence-corrected chi connectivity index (χ3v) is 7.21. The fourth-order valence-corrected chi connectivity index (χ4v) is 5.13. The van der Waals surface area contributed by atoms with Crippen LogP contribution in [-0.4, -0.2) is 74.1 Å². The lowest BCUT2D eigenvalue weighted by atomic mass is 9.94. The lowest BCUT2D eigenvalue weighted by Crippen LogP contribution is -2.34. The Labute approximate surface area is 228 Å². The molecule has 1 unspecified atom stereocenters. The second-order valence-electron chi connectivity index (χ2n) is 9.48. The lowest BCUT2D eigenvalue weighted by molar-refractivity contribution is -0.129. The number of ether oxygens (including phenoxy) is 3. The number of amides is 1. The van der Waals surface area contributed by atoms with Gasteiger partial charge in [0.05, 0.1) is 32.9 Å². The zero-order valence-electron chi connectivity index (χ0n) is 23.4. The molecule has 1 aromatic heterocycles. The summed E-state index contributed by atoms with van der Waals surface area (Å²) in [6.45, 7) is 9.00. The van der Waals surface area contributed by atoms with Crippen LogP contribution in [0.1, 0.15) is 48.0 Å². The highest BCUT2D eigenvalue weighted by Gasteiger charge is 2.45. The largest absolute Gasteiger partial charge is 0.503 e. The van der Waals surface area contributed by atoms with Crippen LogP contribution in [0.2, 0.25) is 0 Å². The van der Waals surface area contributed by atoms with Gasteiger partial charge in [0.15, 0.2) is 23.0 Å². The number of methoxy groups -OCH3 is 3. The molecule has 0 fully saturated rings. The number of aliphatic hydroxyl groups is 1. The Hall–Kier alpha value is -3.98. The highest BCUT2D eigenvalue weighted by Crippen LogP contribution is 2.45. The monoisotopic (exact) mass is 536 g/mol. The smallest absolute Gasteiger partial charge is 0.290 e. The maximum Gasteiger partial charge on any atom is 0.290 e. The van der Waals surface area contributed by atoms with Gasteiger partial charge in [-0.2, -0.15) is 0 Å². The summed E-state index contributed by atoms with van der Waals surface area (Å²) < 4.78 is 22.4. The molecule has 2 heterocycles. The van der Waals surface area contributed by atoms with E-state index in [0.717, 1.165) is 30.6 Å². The van der Waals surface area contributed by atoms with Crippen LogP contribution in [-0.2, 0) is 4.79 Å². The molecule has 1 aliphatic rings. The molecule has 1 atom stereocenters. The first kappa shape index (κ1) is 28.0. The van der Waals surface area contributed by atoms with E-state index in [2.05, 4.69) is 18.7 Å². The van der Waals surface area contributed by atoms with Crippen molar-refractivity contribution in [3.8, 4) is 17.2 Å². The molecule has 9 nitrogen and oxygen atoms in total. The molecular formula is C30H36N2O7. The molecule has 9 heteroatoms. The second kappa shape index (κ2) is 11.8. The maximum absolute atomic E-state index is 13.9. The van der Waals surface area contributed by atoms with E-state index in [9.17, 15) is 14.7 Å². The van der Waals surface area contributed by atoms with Gasteiger partial charge >= 0.3 is 0 Å². The number of ketones is 1. The Kier molecular flexibility index (Phi) is 8.50. The number of benzene rings is 2. The van der Waals surface area contributed by atoms with Crippen LogP contribution in [0.15, 0.2) is 52.1 Å². The topological polar surface area (TPSA) is 102 Å². The first-order chi connectivity index (χ1) is 18.8. The van der Waals surface area contributed by atoms with Crippen LogP contribution < -0.4 is 14.2 Å². The van der Waals surface area contributed by atoms with Crippen LogP contribution >= 0.6 is 0 Å². The van der Waals surface area contributed by atoms with E-state index in [1.54, 1.807) is 24.3 Å². The number of carbonyl (C=O) groups excluding carboxylic acids is 2. The molecule has 0 aliphatic carbocycles. The van der Waals surface area contributed by atoms with Gasteiger partial charge in [-0.25, -0.2) is 0 Å². The molecule has 0 spiro atoms. The van der Waals surface area contributed by atoms with E-state index in [1.807, 2.05) is 19.1 Å². The minimum Gasteiger partial charge on any atom is -0.503 e. The van der Waals surface area contributed by atoms with E-state index in [0.29, 0.717) is 41.4 Å². The average Bonchev–Trinajstić information content (AvgIpc) is 3.48. The van der Waals surface area contributed by atoms with Crippen LogP contribution in [0.25, 0.3) is 11.0 Å². The Balaban J connectivity index is 1.80. The summed E-state index contributed by atoms with van der Waals surface area (Å²) in [5.41, 5.74) is 2.07. The van der Waals surface area contributed by atoms with Gasteiger partial charge in [-0.1, -0.05) is 25.5 Å². The molecule has 1 aliphatic heterocycles. The predicted molar refractivity (Wildman–Crippen MR) is 148 cm³/mol. The van der Waals surface area contributed by atoms with Crippen LogP contribution in [0.4, 0.5) is 0 Å². The molecule has 39 heavy (non-hydrogen) atoms. The number of aliphatic hydroxyl groups excluding tert-OH is 1. The first-order valence-corrected chi connectivity index (χ1v) is 13.1. The molecule has 3 aromatic rings. The van der Waals surface area contributed by atoms with Crippen molar-refractivity contribution in [2.45, 2.75) is 33.2 Å². The van der Waals surface area contributed by atoms with Crippen LogP contribution in [0, 0.1) is 6.92 Å². The minimum atomic E-state index is -0.884. The van der Waals surface area contributed by atoms with E-state index in [4.69, 9.17) is 18.6 Å². The normalized spacial score (nSPS) is 15.5. The van der Waals surface area contributed by atoms with Crippen molar-refractivity contribution in [3.05, 3.63) is 64.6 Å². The van der Waals surface area contributed by atoms with Crippen LogP contribution in [0.3, 0.4) is 0 Å². The van der Waals surface area contributed by atoms with Gasteiger partial charge in [0.25, 0.3) is 5.91 Å². The first-order valence-electron chi connectivity index (χ1n) is 13.1. The maximum atomic E-state index is 13.9. The van der Waals surface area contributed by atoms with Crippen molar-refractivity contribution in [1.29, 1.82) is 0 Å². The van der Waals surface area contributed by atoms with Gasteiger partial charge in [0.1, 0.15) is 5.58 Å². The standard InChI is InChI=1S/C30H36N2O7/c1-7-31(8-2)12-9-13-32-26(20-16-23(36-4)29(38-6)24(17-20)37-5)25(28(34)30(32)35)27(33)22-15-19-14-18(3)10-11-21(19)39-22/h10-11,14-17,26,34H,7-9,12-13H2,1-6H3. The quantitative estimate of drug-likeness (QED) is 0.320. The molecule has 0 saturated heterocycles. The van der Waals surface area contributed by atoms with Crippen molar-refractivity contribution >= 4 is 22.7 Å².